The van der Waals surface area contributed by atoms with Crippen molar-refractivity contribution in [2.24, 2.45) is 15.3 Å². The maximum atomic E-state index is 12.9. The molecular weight excluding hydrogens is 386 g/mol. The van der Waals surface area contributed by atoms with Crippen LogP contribution in [0.1, 0.15) is 12.5 Å². The highest BCUT2D eigenvalue weighted by atomic mass is 32.1. The van der Waals surface area contributed by atoms with E-state index in [1.807, 2.05) is 60.8 Å². The van der Waals surface area contributed by atoms with Gasteiger partial charge in [0, 0.05) is 10.9 Å². The lowest BCUT2D eigenvalue weighted by atomic mass is 10.2. The van der Waals surface area contributed by atoms with Gasteiger partial charge in [-0.25, -0.2) is 4.98 Å². The van der Waals surface area contributed by atoms with Crippen LogP contribution in [0.4, 0.5) is 10.8 Å². The fraction of sp³-hybridized carbons (Fsp3) is 0.190. The van der Waals surface area contributed by atoms with Crippen LogP contribution in [0.5, 0.6) is 5.75 Å². The molecule has 0 bridgehead atoms. The van der Waals surface area contributed by atoms with Crippen LogP contribution in [0.15, 0.2) is 69.2 Å². The Bertz CT molecular complexity index is 1100. The first kappa shape index (κ1) is 18.9. The zero-order chi connectivity index (χ0) is 20.4. The molecule has 0 radical (unpaired) electrons. The molecule has 0 saturated heterocycles. The van der Waals surface area contributed by atoms with Crippen molar-refractivity contribution in [2.75, 3.05) is 12.1 Å². The second-order valence-corrected chi connectivity index (χ2v) is 7.38. The van der Waals surface area contributed by atoms with E-state index in [0.29, 0.717) is 10.8 Å². The van der Waals surface area contributed by atoms with Crippen molar-refractivity contribution >= 4 is 33.8 Å². The minimum Gasteiger partial charge on any atom is -0.497 e. The van der Waals surface area contributed by atoms with Gasteiger partial charge >= 0.3 is 0 Å². The monoisotopic (exact) mass is 405 g/mol. The Morgan fingerprint density at radius 2 is 1.86 bits per heavy atom. The maximum absolute atomic E-state index is 12.9. The average Bonchev–Trinajstić information content (AvgIpc) is 3.33. The van der Waals surface area contributed by atoms with Crippen LogP contribution in [-0.4, -0.2) is 29.8 Å². The van der Waals surface area contributed by atoms with Crippen molar-refractivity contribution in [3.63, 3.8) is 0 Å². The Kier molecular flexibility index (Phi) is 5.18. The van der Waals surface area contributed by atoms with Crippen LogP contribution in [0.3, 0.4) is 0 Å². The number of amides is 1. The summed E-state index contributed by atoms with van der Waals surface area (Å²) in [6.07, 6.45) is 0. The van der Waals surface area contributed by atoms with Crippen LogP contribution >= 0.6 is 11.3 Å². The van der Waals surface area contributed by atoms with Crippen LogP contribution in [0.25, 0.3) is 11.3 Å². The molecule has 7 nitrogen and oxygen atoms in total. The fourth-order valence-corrected chi connectivity index (χ4v) is 3.67. The third-order valence-electron chi connectivity index (χ3n) is 4.55. The number of anilines is 1. The second-order valence-electron chi connectivity index (χ2n) is 6.54. The molecule has 0 spiro atoms. The van der Waals surface area contributed by atoms with Gasteiger partial charge in [0.1, 0.15) is 5.75 Å². The van der Waals surface area contributed by atoms with Crippen LogP contribution in [-0.2, 0) is 4.79 Å². The average molecular weight is 405 g/mol. The smallest absolute Gasteiger partial charge is 0.282 e. The molecule has 0 unspecified atom stereocenters. The van der Waals surface area contributed by atoms with E-state index in [0.717, 1.165) is 28.3 Å². The molecule has 2 aromatic carbocycles. The molecule has 0 aliphatic carbocycles. The molecule has 1 atom stereocenters. The molecule has 146 valence electrons. The summed E-state index contributed by atoms with van der Waals surface area (Å²) < 4.78 is 5.18. The van der Waals surface area contributed by atoms with Crippen LogP contribution in [0, 0.1) is 6.92 Å². The quantitative estimate of drug-likeness (QED) is 0.560. The molecule has 1 amide bonds. The van der Waals surface area contributed by atoms with Crippen LogP contribution in [0.2, 0.25) is 0 Å². The highest BCUT2D eigenvalue weighted by Gasteiger charge is 2.36. The first-order chi connectivity index (χ1) is 14.1. The summed E-state index contributed by atoms with van der Waals surface area (Å²) in [6.45, 7) is 3.73. The number of aromatic nitrogens is 1. The number of rotatable bonds is 5. The van der Waals surface area contributed by atoms with E-state index in [9.17, 15) is 4.79 Å². The molecule has 1 aliphatic rings. The molecular formula is C21H19N5O2S. The van der Waals surface area contributed by atoms with Gasteiger partial charge < -0.3 is 4.74 Å². The topological polar surface area (TPSA) is 79.5 Å². The van der Waals surface area contributed by atoms with Crippen molar-refractivity contribution in [3.8, 4) is 17.0 Å². The Morgan fingerprint density at radius 1 is 1.10 bits per heavy atom. The summed E-state index contributed by atoms with van der Waals surface area (Å²) in [5.41, 5.74) is 4.04. The number of aryl methyl sites for hydroxylation is 1. The molecule has 0 N–H and O–H groups in total. The Balaban J connectivity index is 1.54. The first-order valence-electron chi connectivity index (χ1n) is 9.02. The molecule has 4 rings (SSSR count). The van der Waals surface area contributed by atoms with Gasteiger partial charge in [-0.05, 0) is 49.7 Å². The molecule has 2 heterocycles. The van der Waals surface area contributed by atoms with E-state index < -0.39 is 6.04 Å². The minimum atomic E-state index is -0.733. The van der Waals surface area contributed by atoms with Gasteiger partial charge in [0.15, 0.2) is 6.04 Å². The van der Waals surface area contributed by atoms with Crippen molar-refractivity contribution in [2.45, 2.75) is 19.9 Å². The van der Waals surface area contributed by atoms with E-state index in [2.05, 4.69) is 20.3 Å². The van der Waals surface area contributed by atoms with Gasteiger partial charge in [0.2, 0.25) is 5.13 Å². The number of benzene rings is 2. The largest absolute Gasteiger partial charge is 0.497 e. The number of hydrogen-bond acceptors (Lipinski definition) is 7. The zero-order valence-electron chi connectivity index (χ0n) is 16.2. The van der Waals surface area contributed by atoms with E-state index in [-0.39, 0.29) is 5.91 Å². The van der Waals surface area contributed by atoms with Gasteiger partial charge in [0.25, 0.3) is 5.91 Å². The van der Waals surface area contributed by atoms with Crippen molar-refractivity contribution < 1.29 is 9.53 Å². The van der Waals surface area contributed by atoms with E-state index in [1.165, 1.54) is 16.3 Å². The molecule has 29 heavy (non-hydrogen) atoms. The molecule has 1 aliphatic heterocycles. The van der Waals surface area contributed by atoms with Gasteiger partial charge in [-0.1, -0.05) is 18.2 Å². The summed E-state index contributed by atoms with van der Waals surface area (Å²) in [6, 6.07) is 14.5. The highest BCUT2D eigenvalue weighted by Crippen LogP contribution is 2.31. The van der Waals surface area contributed by atoms with Crippen molar-refractivity contribution in [3.05, 3.63) is 59.5 Å². The van der Waals surface area contributed by atoms with Gasteiger partial charge in [-0.15, -0.1) is 11.3 Å². The molecule has 3 aromatic rings. The number of carbonyl (C=O) groups excluding carboxylic acids is 1. The van der Waals surface area contributed by atoms with Crippen LogP contribution < -0.4 is 9.75 Å². The summed E-state index contributed by atoms with van der Waals surface area (Å²) in [7, 11) is 1.63. The lowest BCUT2D eigenvalue weighted by Gasteiger charge is -2.08. The minimum absolute atomic E-state index is 0.254. The number of nitrogens with zero attached hydrogens (tertiary/aromatic N) is 5. The summed E-state index contributed by atoms with van der Waals surface area (Å²) in [5.74, 6) is 0.525. The van der Waals surface area contributed by atoms with Gasteiger partial charge in [-0.2, -0.15) is 20.3 Å². The zero-order valence-corrected chi connectivity index (χ0v) is 17.1. The Labute approximate surface area is 172 Å². The molecule has 1 aromatic heterocycles. The van der Waals surface area contributed by atoms with E-state index in [1.54, 1.807) is 14.0 Å². The summed E-state index contributed by atoms with van der Waals surface area (Å²) in [5, 5.41) is 16.6. The molecule has 0 fully saturated rings. The second kappa shape index (κ2) is 7.92. The van der Waals surface area contributed by atoms with E-state index in [4.69, 9.17) is 4.74 Å². The Hall–Kier alpha value is -3.39. The van der Waals surface area contributed by atoms with Gasteiger partial charge in [0.05, 0.1) is 24.2 Å². The standard InChI is InChI=1S/C21H19N5O2S/c1-13-6-4-5-7-17(13)23-24-19-14(2)25-26(20(19)27)21-22-18(12-29-21)15-8-10-16(28-3)11-9-15/h4-12,19H,1-3H3/t19-/m0/s1. The summed E-state index contributed by atoms with van der Waals surface area (Å²) in [4.78, 5) is 17.4. The normalized spacial score (nSPS) is 16.5. The van der Waals surface area contributed by atoms with Gasteiger partial charge in [-0.3, -0.25) is 4.79 Å². The third-order valence-corrected chi connectivity index (χ3v) is 5.37. The fourth-order valence-electron chi connectivity index (χ4n) is 2.88. The summed E-state index contributed by atoms with van der Waals surface area (Å²) >= 11 is 1.36. The third kappa shape index (κ3) is 3.79. The molecule has 0 saturated carbocycles. The first-order valence-corrected chi connectivity index (χ1v) is 9.90. The lowest BCUT2D eigenvalue weighted by molar-refractivity contribution is -0.117. The predicted octanol–water partition coefficient (Wildman–Crippen LogP) is 5.00. The number of thiazole rings is 1. The lowest BCUT2D eigenvalue weighted by Crippen LogP contribution is -2.29. The predicted molar refractivity (Wildman–Crippen MR) is 114 cm³/mol. The number of methoxy groups -OCH3 is 1. The maximum Gasteiger partial charge on any atom is 0.282 e. The number of azo groups is 1. The molecule has 8 heteroatoms. The highest BCUT2D eigenvalue weighted by molar-refractivity contribution is 7.14. The number of hydrogen-bond donors (Lipinski definition) is 0. The number of ether oxygens (including phenoxy) is 1. The number of hydrazone groups is 1. The number of carbonyl (C=O) groups is 1. The van der Waals surface area contributed by atoms with E-state index >= 15 is 0 Å². The van der Waals surface area contributed by atoms with Crippen molar-refractivity contribution in [1.82, 2.24) is 4.98 Å². The van der Waals surface area contributed by atoms with Crippen molar-refractivity contribution in [1.29, 1.82) is 0 Å². The SMILES string of the molecule is COc1ccc(-c2csc(N3N=C(C)[C@H](N=Nc4ccccc4C)C3=O)n2)cc1. The Morgan fingerprint density at radius 3 is 2.59 bits per heavy atom.